The molecule has 0 atom stereocenters. The summed E-state index contributed by atoms with van der Waals surface area (Å²) in [5.74, 6) is 1.46. The van der Waals surface area contributed by atoms with E-state index in [-0.39, 0.29) is 5.97 Å². The van der Waals surface area contributed by atoms with E-state index in [0.717, 1.165) is 36.2 Å². The van der Waals surface area contributed by atoms with Crippen molar-refractivity contribution in [3.8, 4) is 0 Å². The van der Waals surface area contributed by atoms with Gasteiger partial charge in [0.2, 0.25) is 5.95 Å². The molecule has 0 aliphatic heterocycles. The monoisotopic (exact) mass is 318 g/mol. The van der Waals surface area contributed by atoms with Gasteiger partial charge in [-0.1, -0.05) is 0 Å². The fraction of sp³-hybridized carbons (Fsp3) is 0.467. The molecular formula is C15H18N4O2S. The van der Waals surface area contributed by atoms with Crippen LogP contribution in [0.2, 0.25) is 0 Å². The second-order valence-corrected chi connectivity index (χ2v) is 6.39. The third kappa shape index (κ3) is 2.81. The minimum atomic E-state index is -0.301. The summed E-state index contributed by atoms with van der Waals surface area (Å²) in [6.45, 7) is 3.64. The standard InChI is InChI=1S/C15H18N4O2S/c1-8-16-9(2)18-15(17-8)19-13-12(14(20)21-3)10-6-4-5-7-11(10)22-13/h4-7H2,1-3H3,(H,16,17,18,19). The number of carbonyl (C=O) groups excluding carboxylic acids is 1. The van der Waals surface area contributed by atoms with E-state index in [1.807, 2.05) is 13.8 Å². The Morgan fingerprint density at radius 1 is 1.14 bits per heavy atom. The number of esters is 1. The van der Waals surface area contributed by atoms with Gasteiger partial charge < -0.3 is 10.1 Å². The largest absolute Gasteiger partial charge is 0.465 e. The Bertz CT molecular complexity index is 706. The van der Waals surface area contributed by atoms with E-state index in [1.54, 1.807) is 11.3 Å². The van der Waals surface area contributed by atoms with Crippen molar-refractivity contribution in [3.63, 3.8) is 0 Å². The highest BCUT2D eigenvalue weighted by Gasteiger charge is 2.26. The number of fused-ring (bicyclic) bond motifs is 1. The summed E-state index contributed by atoms with van der Waals surface area (Å²) in [5, 5.41) is 3.95. The summed E-state index contributed by atoms with van der Waals surface area (Å²) in [5.41, 5.74) is 1.76. The van der Waals surface area contributed by atoms with Crippen LogP contribution in [0.3, 0.4) is 0 Å². The van der Waals surface area contributed by atoms with Crippen molar-refractivity contribution in [3.05, 3.63) is 27.7 Å². The number of methoxy groups -OCH3 is 1. The molecule has 0 spiro atoms. The maximum absolute atomic E-state index is 12.2. The number of carbonyl (C=O) groups is 1. The predicted molar refractivity (Wildman–Crippen MR) is 84.9 cm³/mol. The smallest absolute Gasteiger partial charge is 0.341 e. The number of hydrogen-bond acceptors (Lipinski definition) is 7. The normalized spacial score (nSPS) is 13.6. The summed E-state index contributed by atoms with van der Waals surface area (Å²) in [6, 6.07) is 0. The van der Waals surface area contributed by atoms with E-state index in [4.69, 9.17) is 4.74 Å². The van der Waals surface area contributed by atoms with E-state index in [2.05, 4.69) is 20.3 Å². The summed E-state index contributed by atoms with van der Waals surface area (Å²) < 4.78 is 4.96. The number of nitrogens with one attached hydrogen (secondary N) is 1. The molecule has 0 bridgehead atoms. The van der Waals surface area contributed by atoms with Gasteiger partial charge >= 0.3 is 5.97 Å². The Morgan fingerprint density at radius 2 is 1.82 bits per heavy atom. The van der Waals surface area contributed by atoms with Crippen molar-refractivity contribution in [2.24, 2.45) is 0 Å². The second-order valence-electron chi connectivity index (χ2n) is 5.29. The van der Waals surface area contributed by atoms with Crippen LogP contribution in [0.25, 0.3) is 0 Å². The van der Waals surface area contributed by atoms with Crippen molar-refractivity contribution in [2.75, 3.05) is 12.4 Å². The van der Waals surface area contributed by atoms with Gasteiger partial charge in [0.1, 0.15) is 16.6 Å². The molecular weight excluding hydrogens is 300 g/mol. The lowest BCUT2D eigenvalue weighted by Gasteiger charge is -2.11. The molecule has 6 nitrogen and oxygen atoms in total. The lowest BCUT2D eigenvalue weighted by molar-refractivity contribution is 0.0601. The maximum atomic E-state index is 12.2. The molecule has 2 aromatic heterocycles. The second kappa shape index (κ2) is 6.00. The summed E-state index contributed by atoms with van der Waals surface area (Å²) >= 11 is 1.60. The number of anilines is 2. The minimum Gasteiger partial charge on any atom is -0.465 e. The molecule has 2 heterocycles. The molecule has 116 valence electrons. The summed E-state index contributed by atoms with van der Waals surface area (Å²) in [7, 11) is 1.41. The lowest BCUT2D eigenvalue weighted by atomic mass is 9.95. The Morgan fingerprint density at radius 3 is 2.50 bits per heavy atom. The third-order valence-corrected chi connectivity index (χ3v) is 4.85. The number of hydrogen-bond donors (Lipinski definition) is 1. The first kappa shape index (κ1) is 14.9. The van der Waals surface area contributed by atoms with Gasteiger partial charge in [0.25, 0.3) is 0 Å². The Hall–Kier alpha value is -2.02. The molecule has 22 heavy (non-hydrogen) atoms. The van der Waals surface area contributed by atoms with Gasteiger partial charge in [-0.2, -0.15) is 9.97 Å². The lowest BCUT2D eigenvalue weighted by Crippen LogP contribution is -2.10. The van der Waals surface area contributed by atoms with Crippen LogP contribution < -0.4 is 5.32 Å². The van der Waals surface area contributed by atoms with Crippen LogP contribution in [-0.2, 0) is 17.6 Å². The molecule has 0 aromatic carbocycles. The predicted octanol–water partition coefficient (Wildman–Crippen LogP) is 2.96. The molecule has 3 rings (SSSR count). The van der Waals surface area contributed by atoms with E-state index in [0.29, 0.717) is 23.2 Å². The van der Waals surface area contributed by atoms with Crippen molar-refractivity contribution >= 4 is 28.3 Å². The summed E-state index contributed by atoms with van der Waals surface area (Å²) in [6.07, 6.45) is 4.21. The number of aryl methyl sites for hydroxylation is 3. The first-order chi connectivity index (χ1) is 10.6. The molecule has 1 aliphatic rings. The zero-order valence-corrected chi connectivity index (χ0v) is 13.7. The van der Waals surface area contributed by atoms with Crippen molar-refractivity contribution in [1.82, 2.24) is 15.0 Å². The SMILES string of the molecule is COC(=O)c1c(Nc2nc(C)nc(C)n2)sc2c1CCCC2. The fourth-order valence-corrected chi connectivity index (χ4v) is 4.02. The van der Waals surface area contributed by atoms with Gasteiger partial charge in [0.05, 0.1) is 12.7 Å². The van der Waals surface area contributed by atoms with E-state index in [1.165, 1.54) is 12.0 Å². The van der Waals surface area contributed by atoms with Gasteiger partial charge in [-0.3, -0.25) is 0 Å². The number of nitrogens with zero attached hydrogens (tertiary/aromatic N) is 3. The molecule has 0 saturated carbocycles. The quantitative estimate of drug-likeness (QED) is 0.877. The molecule has 1 aliphatic carbocycles. The average Bonchev–Trinajstić information content (AvgIpc) is 2.83. The highest BCUT2D eigenvalue weighted by atomic mass is 32.1. The Balaban J connectivity index is 2.02. The van der Waals surface area contributed by atoms with Crippen LogP contribution in [0, 0.1) is 13.8 Å². The molecule has 0 fully saturated rings. The van der Waals surface area contributed by atoms with Crippen molar-refractivity contribution < 1.29 is 9.53 Å². The molecule has 0 radical (unpaired) electrons. The minimum absolute atomic E-state index is 0.301. The van der Waals surface area contributed by atoms with Crippen LogP contribution in [0.4, 0.5) is 10.9 Å². The summed E-state index contributed by atoms with van der Waals surface area (Å²) in [4.78, 5) is 26.2. The molecule has 1 N–H and O–H groups in total. The zero-order chi connectivity index (χ0) is 15.7. The number of ether oxygens (including phenoxy) is 1. The first-order valence-electron chi connectivity index (χ1n) is 7.27. The average molecular weight is 318 g/mol. The van der Waals surface area contributed by atoms with Gasteiger partial charge in [0.15, 0.2) is 0 Å². The fourth-order valence-electron chi connectivity index (χ4n) is 2.75. The zero-order valence-electron chi connectivity index (χ0n) is 12.9. The topological polar surface area (TPSA) is 77.0 Å². The van der Waals surface area contributed by atoms with Gasteiger partial charge in [-0.05, 0) is 45.1 Å². The van der Waals surface area contributed by atoms with E-state index < -0.39 is 0 Å². The number of thiophene rings is 1. The highest BCUT2D eigenvalue weighted by molar-refractivity contribution is 7.16. The first-order valence-corrected chi connectivity index (χ1v) is 8.09. The van der Waals surface area contributed by atoms with Crippen LogP contribution in [0.15, 0.2) is 0 Å². The number of aromatic nitrogens is 3. The van der Waals surface area contributed by atoms with E-state index >= 15 is 0 Å². The van der Waals surface area contributed by atoms with Crippen LogP contribution in [-0.4, -0.2) is 28.0 Å². The van der Waals surface area contributed by atoms with Crippen molar-refractivity contribution in [2.45, 2.75) is 39.5 Å². The molecule has 0 amide bonds. The van der Waals surface area contributed by atoms with Crippen LogP contribution >= 0.6 is 11.3 Å². The number of rotatable bonds is 3. The third-order valence-electron chi connectivity index (χ3n) is 3.65. The van der Waals surface area contributed by atoms with Crippen molar-refractivity contribution in [1.29, 1.82) is 0 Å². The van der Waals surface area contributed by atoms with Gasteiger partial charge in [-0.25, -0.2) is 9.78 Å². The van der Waals surface area contributed by atoms with Gasteiger partial charge in [0, 0.05) is 4.88 Å². The van der Waals surface area contributed by atoms with E-state index in [9.17, 15) is 4.79 Å². The molecule has 0 unspecified atom stereocenters. The van der Waals surface area contributed by atoms with Crippen LogP contribution in [0.5, 0.6) is 0 Å². The van der Waals surface area contributed by atoms with Gasteiger partial charge in [-0.15, -0.1) is 11.3 Å². The molecule has 7 heteroatoms. The molecule has 0 saturated heterocycles. The molecule has 2 aromatic rings. The van der Waals surface area contributed by atoms with Crippen LogP contribution in [0.1, 0.15) is 45.3 Å². The Kier molecular flexibility index (Phi) is 4.06. The maximum Gasteiger partial charge on any atom is 0.341 e. The highest BCUT2D eigenvalue weighted by Crippen LogP contribution is 2.39. The Labute approximate surface area is 133 Å².